The van der Waals surface area contributed by atoms with Gasteiger partial charge in [-0.2, -0.15) is 0 Å². The highest BCUT2D eigenvalue weighted by Gasteiger charge is 2.20. The molecule has 0 saturated heterocycles. The monoisotopic (exact) mass is 613 g/mol. The second kappa shape index (κ2) is 10.5. The Bertz CT molecular complexity index is 2950. The van der Waals surface area contributed by atoms with Gasteiger partial charge in [-0.05, 0) is 40.4 Å². The smallest absolute Gasteiger partial charge is 0.235 e. The molecule has 3 heterocycles. The summed E-state index contributed by atoms with van der Waals surface area (Å²) >= 11 is 0. The average molecular weight is 614 g/mol. The van der Waals surface area contributed by atoms with E-state index in [0.29, 0.717) is 5.95 Å². The van der Waals surface area contributed by atoms with Crippen LogP contribution in [0.1, 0.15) is 0 Å². The van der Waals surface area contributed by atoms with Crippen LogP contribution >= 0.6 is 0 Å². The van der Waals surface area contributed by atoms with Gasteiger partial charge in [0.2, 0.25) is 5.95 Å². The maximum Gasteiger partial charge on any atom is 0.235 e. The van der Waals surface area contributed by atoms with E-state index in [9.17, 15) is 0 Å². The number of para-hydroxylation sites is 4. The van der Waals surface area contributed by atoms with Crippen molar-refractivity contribution in [3.05, 3.63) is 164 Å². The molecule has 0 N–H and O–H groups in total. The van der Waals surface area contributed by atoms with Crippen molar-refractivity contribution in [2.45, 2.75) is 0 Å². The molecule has 10 aromatic rings. The first-order chi connectivity index (χ1) is 23.8. The van der Waals surface area contributed by atoms with E-state index in [1.165, 1.54) is 0 Å². The van der Waals surface area contributed by atoms with E-state index in [-0.39, 0.29) is 0 Å². The minimum atomic E-state index is 0.634. The van der Waals surface area contributed by atoms with Gasteiger partial charge in [0.25, 0.3) is 0 Å². The molecule has 4 nitrogen and oxygen atoms in total. The third-order valence-corrected chi connectivity index (χ3v) is 9.45. The van der Waals surface area contributed by atoms with Crippen LogP contribution in [0.25, 0.3) is 93.4 Å². The van der Waals surface area contributed by atoms with E-state index >= 15 is 0 Å². The number of fused-ring (bicyclic) bond motifs is 12. The molecule has 0 saturated carbocycles. The highest BCUT2D eigenvalue weighted by molar-refractivity contribution is 6.29. The van der Waals surface area contributed by atoms with Crippen LogP contribution in [-0.2, 0) is 0 Å². The molecule has 0 aliphatic heterocycles. The summed E-state index contributed by atoms with van der Waals surface area (Å²) in [5.41, 5.74) is 6.61. The standard InChI is InChI=1S/C44H27N3O/c1-2-14-28(15-3-1)42-36-21-6-10-22-37(36)45-44(46-42)47-38-23-11-7-17-30(38)35-27-26-34-32-19-9-13-25-40(32)48-39-24-12-8-18-31(39)29-16-4-5-20-33(29)41(34)43(35)47/h1-27H. The van der Waals surface area contributed by atoms with Crippen LogP contribution < -0.4 is 0 Å². The molecule has 4 heteroatoms. The van der Waals surface area contributed by atoms with Crippen LogP contribution in [0, 0.1) is 0 Å². The van der Waals surface area contributed by atoms with Gasteiger partial charge in [-0.15, -0.1) is 0 Å². The Balaban J connectivity index is 1.51. The summed E-state index contributed by atoms with van der Waals surface area (Å²) in [5, 5.41) is 9.82. The second-order valence-electron chi connectivity index (χ2n) is 12.1. The molecule has 0 aliphatic carbocycles. The van der Waals surface area contributed by atoms with Gasteiger partial charge in [-0.1, -0.05) is 140 Å². The Morgan fingerprint density at radius 1 is 0.396 bits per heavy atom. The Hall–Kier alpha value is -6.52. The van der Waals surface area contributed by atoms with Gasteiger partial charge in [0.15, 0.2) is 0 Å². The Labute approximate surface area is 275 Å². The molecule has 0 atom stereocenters. The van der Waals surface area contributed by atoms with E-state index in [1.54, 1.807) is 0 Å². The van der Waals surface area contributed by atoms with Crippen molar-refractivity contribution >= 4 is 76.2 Å². The minimum absolute atomic E-state index is 0.634. The van der Waals surface area contributed by atoms with Gasteiger partial charge in [0.05, 0.1) is 22.2 Å². The molecule has 10 rings (SSSR count). The fraction of sp³-hybridized carbons (Fsp3) is 0. The number of benzene rings is 7. The van der Waals surface area contributed by atoms with Crippen LogP contribution in [-0.4, -0.2) is 14.5 Å². The summed E-state index contributed by atoms with van der Waals surface area (Å²) in [6.45, 7) is 0. The zero-order valence-corrected chi connectivity index (χ0v) is 25.8. The summed E-state index contributed by atoms with van der Waals surface area (Å²) < 4.78 is 9.01. The van der Waals surface area contributed by atoms with Crippen LogP contribution in [0.4, 0.5) is 0 Å². The largest absolute Gasteiger partial charge is 0.456 e. The molecule has 3 aromatic heterocycles. The van der Waals surface area contributed by atoms with Crippen LogP contribution in [0.2, 0.25) is 0 Å². The summed E-state index contributed by atoms with van der Waals surface area (Å²) in [7, 11) is 0. The molecule has 224 valence electrons. The molecule has 48 heavy (non-hydrogen) atoms. The Morgan fingerprint density at radius 2 is 0.938 bits per heavy atom. The lowest BCUT2D eigenvalue weighted by molar-refractivity contribution is 0.663. The van der Waals surface area contributed by atoms with Crippen LogP contribution in [0.3, 0.4) is 0 Å². The van der Waals surface area contributed by atoms with Crippen molar-refractivity contribution in [3.63, 3.8) is 0 Å². The van der Waals surface area contributed by atoms with Gasteiger partial charge >= 0.3 is 0 Å². The first-order valence-corrected chi connectivity index (χ1v) is 16.2. The molecular formula is C44H27N3O. The van der Waals surface area contributed by atoms with Crippen molar-refractivity contribution < 1.29 is 4.42 Å². The third-order valence-electron chi connectivity index (χ3n) is 9.45. The summed E-state index contributed by atoms with van der Waals surface area (Å²) in [6.07, 6.45) is 0. The van der Waals surface area contributed by atoms with E-state index in [0.717, 1.165) is 87.4 Å². The van der Waals surface area contributed by atoms with Gasteiger partial charge in [-0.25, -0.2) is 9.97 Å². The molecule has 7 aromatic carbocycles. The summed E-state index contributed by atoms with van der Waals surface area (Å²) in [4.78, 5) is 10.7. The molecule has 0 amide bonds. The minimum Gasteiger partial charge on any atom is -0.456 e. The fourth-order valence-corrected chi connectivity index (χ4v) is 7.35. The Morgan fingerprint density at radius 3 is 1.71 bits per heavy atom. The number of nitrogens with zero attached hydrogens (tertiary/aromatic N) is 3. The van der Waals surface area contributed by atoms with Crippen molar-refractivity contribution in [1.29, 1.82) is 0 Å². The maximum absolute atomic E-state index is 6.74. The van der Waals surface area contributed by atoms with Crippen molar-refractivity contribution in [1.82, 2.24) is 14.5 Å². The number of aromatic nitrogens is 3. The van der Waals surface area contributed by atoms with Gasteiger partial charge in [0.1, 0.15) is 11.2 Å². The lowest BCUT2D eigenvalue weighted by Crippen LogP contribution is -2.03. The number of hydrogen-bond acceptors (Lipinski definition) is 3. The topological polar surface area (TPSA) is 43.9 Å². The van der Waals surface area contributed by atoms with E-state index in [1.807, 2.05) is 24.3 Å². The van der Waals surface area contributed by atoms with Gasteiger partial charge < -0.3 is 4.42 Å². The SMILES string of the molecule is c1ccc(-c2nc(-n3c4ccccc4c4ccc5c6ccccc6oc6ccccc6c6ccccc6c5c43)nc3ccccc23)cc1. The lowest BCUT2D eigenvalue weighted by Gasteiger charge is -2.13. The summed E-state index contributed by atoms with van der Waals surface area (Å²) in [6, 6.07) is 57.1. The molecule has 0 aliphatic rings. The first kappa shape index (κ1) is 26.7. The molecule has 0 unspecified atom stereocenters. The highest BCUT2D eigenvalue weighted by Crippen LogP contribution is 2.41. The van der Waals surface area contributed by atoms with Gasteiger partial charge in [-0.3, -0.25) is 4.57 Å². The molecular weight excluding hydrogens is 587 g/mol. The maximum atomic E-state index is 6.74. The van der Waals surface area contributed by atoms with E-state index in [2.05, 4.69) is 144 Å². The van der Waals surface area contributed by atoms with E-state index < -0.39 is 0 Å². The zero-order valence-electron chi connectivity index (χ0n) is 25.8. The fourth-order valence-electron chi connectivity index (χ4n) is 7.35. The molecule has 0 spiro atoms. The molecule has 0 fully saturated rings. The second-order valence-corrected chi connectivity index (χ2v) is 12.1. The number of rotatable bonds is 2. The highest BCUT2D eigenvalue weighted by atomic mass is 16.3. The van der Waals surface area contributed by atoms with Crippen molar-refractivity contribution in [2.75, 3.05) is 0 Å². The predicted octanol–water partition coefficient (Wildman–Crippen LogP) is 11.7. The Kier molecular flexibility index (Phi) is 5.84. The average Bonchev–Trinajstić information content (AvgIpc) is 3.51. The van der Waals surface area contributed by atoms with Crippen molar-refractivity contribution in [2.24, 2.45) is 0 Å². The van der Waals surface area contributed by atoms with Crippen molar-refractivity contribution in [3.8, 4) is 17.2 Å². The van der Waals surface area contributed by atoms with Crippen LogP contribution in [0.5, 0.6) is 0 Å². The van der Waals surface area contributed by atoms with Gasteiger partial charge in [0, 0.05) is 37.9 Å². The summed E-state index contributed by atoms with van der Waals surface area (Å²) in [5.74, 6) is 0.634. The zero-order chi connectivity index (χ0) is 31.6. The quantitative estimate of drug-likeness (QED) is 0.195. The third kappa shape index (κ3) is 3.96. The predicted molar refractivity (Wildman–Crippen MR) is 199 cm³/mol. The molecule has 0 radical (unpaired) electrons. The first-order valence-electron chi connectivity index (χ1n) is 16.2. The number of hydrogen-bond donors (Lipinski definition) is 0. The normalized spacial score (nSPS) is 11.8. The van der Waals surface area contributed by atoms with E-state index in [4.69, 9.17) is 14.4 Å². The molecule has 0 bridgehead atoms. The van der Waals surface area contributed by atoms with Crippen LogP contribution in [0.15, 0.2) is 168 Å². The lowest BCUT2D eigenvalue weighted by atomic mass is 9.99.